The number of carbonyl (C=O) groups is 2. The third-order valence-corrected chi connectivity index (χ3v) is 2.48. The van der Waals surface area contributed by atoms with Crippen molar-refractivity contribution in [2.75, 3.05) is 0 Å². The summed E-state index contributed by atoms with van der Waals surface area (Å²) in [6.07, 6.45) is 3.30. The molecule has 0 aliphatic carbocycles. The lowest BCUT2D eigenvalue weighted by Gasteiger charge is -2.00. The van der Waals surface area contributed by atoms with E-state index in [1.807, 2.05) is 24.3 Å². The molecule has 2 rings (SSSR count). The number of aromatic amines is 1. The van der Waals surface area contributed by atoms with Gasteiger partial charge in [-0.25, -0.2) is 0 Å². The number of nitrogens with one attached hydrogen (secondary N) is 2. The van der Waals surface area contributed by atoms with E-state index < -0.39 is 11.8 Å². The molecule has 0 fully saturated rings. The number of para-hydroxylation sites is 1. The Labute approximate surface area is 104 Å². The van der Waals surface area contributed by atoms with Gasteiger partial charge in [-0.1, -0.05) is 18.2 Å². The number of amides is 2. The number of nitrogens with two attached hydrogens (primary N) is 1. The van der Waals surface area contributed by atoms with Crippen molar-refractivity contribution in [1.82, 2.24) is 10.3 Å². The summed E-state index contributed by atoms with van der Waals surface area (Å²) in [5.74, 6) is -1.02. The van der Waals surface area contributed by atoms with Crippen molar-refractivity contribution in [3.8, 4) is 0 Å². The number of benzene rings is 1. The second-order valence-electron chi connectivity index (χ2n) is 3.90. The third-order valence-electron chi connectivity index (χ3n) is 2.48. The van der Waals surface area contributed by atoms with Crippen molar-refractivity contribution in [3.05, 3.63) is 41.7 Å². The Balaban J connectivity index is 2.32. The Morgan fingerprint density at radius 3 is 2.78 bits per heavy atom. The number of fused-ring (bicyclic) bond motifs is 1. The Bertz CT molecular complexity index is 640. The van der Waals surface area contributed by atoms with Gasteiger partial charge in [-0.3, -0.25) is 14.9 Å². The predicted molar refractivity (Wildman–Crippen MR) is 69.3 cm³/mol. The van der Waals surface area contributed by atoms with Gasteiger partial charge in [-0.05, 0) is 12.1 Å². The predicted octanol–water partition coefficient (Wildman–Crippen LogP) is 1.13. The monoisotopic (exact) mass is 243 g/mol. The zero-order chi connectivity index (χ0) is 13.1. The van der Waals surface area contributed by atoms with E-state index in [1.54, 1.807) is 6.20 Å². The zero-order valence-electron chi connectivity index (χ0n) is 9.86. The number of aromatic nitrogens is 1. The molecular weight excluding hydrogens is 230 g/mol. The third kappa shape index (κ3) is 2.40. The molecule has 1 heterocycles. The first-order valence-corrected chi connectivity index (χ1v) is 5.43. The van der Waals surface area contributed by atoms with Gasteiger partial charge in [0.2, 0.25) is 5.91 Å². The fourth-order valence-electron chi connectivity index (χ4n) is 1.68. The quantitative estimate of drug-likeness (QED) is 0.691. The van der Waals surface area contributed by atoms with Crippen molar-refractivity contribution in [2.45, 2.75) is 6.92 Å². The van der Waals surface area contributed by atoms with Gasteiger partial charge in [0.25, 0.3) is 5.91 Å². The van der Waals surface area contributed by atoms with Crippen LogP contribution in [0.2, 0.25) is 0 Å². The summed E-state index contributed by atoms with van der Waals surface area (Å²) in [6.45, 7) is 1.26. The van der Waals surface area contributed by atoms with Gasteiger partial charge in [0.05, 0.1) is 5.70 Å². The first-order valence-electron chi connectivity index (χ1n) is 5.43. The molecule has 0 saturated carbocycles. The van der Waals surface area contributed by atoms with Gasteiger partial charge >= 0.3 is 0 Å². The van der Waals surface area contributed by atoms with Gasteiger partial charge in [-0.15, -0.1) is 0 Å². The van der Waals surface area contributed by atoms with E-state index >= 15 is 0 Å². The summed E-state index contributed by atoms with van der Waals surface area (Å²) in [4.78, 5) is 25.3. The van der Waals surface area contributed by atoms with Crippen LogP contribution in [-0.4, -0.2) is 16.8 Å². The van der Waals surface area contributed by atoms with Crippen LogP contribution in [-0.2, 0) is 9.59 Å². The molecule has 0 spiro atoms. The maximum Gasteiger partial charge on any atom is 0.273 e. The number of hydrogen-bond acceptors (Lipinski definition) is 3. The molecule has 0 radical (unpaired) electrons. The second-order valence-corrected chi connectivity index (χ2v) is 3.90. The molecule has 18 heavy (non-hydrogen) atoms. The molecule has 1 aromatic heterocycles. The van der Waals surface area contributed by atoms with Crippen molar-refractivity contribution >= 4 is 28.8 Å². The summed E-state index contributed by atoms with van der Waals surface area (Å²) in [7, 11) is 0. The van der Waals surface area contributed by atoms with E-state index in [9.17, 15) is 9.59 Å². The first-order chi connectivity index (χ1) is 8.58. The highest BCUT2D eigenvalue weighted by molar-refractivity contribution is 6.06. The molecule has 5 nitrogen and oxygen atoms in total. The maximum absolute atomic E-state index is 11.5. The second kappa shape index (κ2) is 4.75. The van der Waals surface area contributed by atoms with Gasteiger partial charge in [0, 0.05) is 29.6 Å². The van der Waals surface area contributed by atoms with Crippen LogP contribution in [0.5, 0.6) is 0 Å². The van der Waals surface area contributed by atoms with Gasteiger partial charge in [0.15, 0.2) is 0 Å². The molecule has 5 heteroatoms. The van der Waals surface area contributed by atoms with Crippen LogP contribution in [0.25, 0.3) is 17.0 Å². The number of hydrogen-bond donors (Lipinski definition) is 3. The molecule has 0 atom stereocenters. The fraction of sp³-hybridized carbons (Fsp3) is 0.0769. The Morgan fingerprint density at radius 1 is 1.33 bits per heavy atom. The standard InChI is InChI=1S/C13H13N3O2/c1-8(17)16-13(18)11(14)6-9-7-15-12-5-3-2-4-10(9)12/h2-7,15H,14H2,1H3,(H,16,17,18). The number of imide groups is 1. The Kier molecular flexibility index (Phi) is 3.14. The molecule has 2 amide bonds. The topological polar surface area (TPSA) is 88.0 Å². The Morgan fingerprint density at radius 2 is 2.06 bits per heavy atom. The molecule has 92 valence electrons. The summed E-state index contributed by atoms with van der Waals surface area (Å²) in [5.41, 5.74) is 7.39. The highest BCUT2D eigenvalue weighted by Crippen LogP contribution is 2.19. The largest absolute Gasteiger partial charge is 0.394 e. The van der Waals surface area contributed by atoms with Crippen LogP contribution in [0, 0.1) is 0 Å². The van der Waals surface area contributed by atoms with Gasteiger partial charge in [0.1, 0.15) is 0 Å². The van der Waals surface area contributed by atoms with Crippen LogP contribution >= 0.6 is 0 Å². The average Bonchev–Trinajstić information content (AvgIpc) is 2.72. The van der Waals surface area contributed by atoms with Crippen molar-refractivity contribution in [2.24, 2.45) is 5.73 Å². The SMILES string of the molecule is CC(=O)NC(=O)C(N)=Cc1c[nH]c2ccccc12. The van der Waals surface area contributed by atoms with E-state index in [1.165, 1.54) is 13.0 Å². The first kappa shape index (κ1) is 11.9. The lowest BCUT2D eigenvalue weighted by atomic mass is 10.1. The van der Waals surface area contributed by atoms with Gasteiger partial charge < -0.3 is 10.7 Å². The molecule has 0 unspecified atom stereocenters. The summed E-state index contributed by atoms with van der Waals surface area (Å²) < 4.78 is 0. The fourth-order valence-corrected chi connectivity index (χ4v) is 1.68. The minimum absolute atomic E-state index is 0.00467. The highest BCUT2D eigenvalue weighted by Gasteiger charge is 2.08. The van der Waals surface area contributed by atoms with Crippen LogP contribution < -0.4 is 11.1 Å². The van der Waals surface area contributed by atoms with E-state index in [4.69, 9.17) is 5.73 Å². The zero-order valence-corrected chi connectivity index (χ0v) is 9.86. The number of rotatable bonds is 2. The molecule has 0 aliphatic heterocycles. The van der Waals surface area contributed by atoms with E-state index in [0.717, 1.165) is 16.5 Å². The van der Waals surface area contributed by atoms with Crippen molar-refractivity contribution in [1.29, 1.82) is 0 Å². The lowest BCUT2D eigenvalue weighted by molar-refractivity contribution is -0.127. The van der Waals surface area contributed by atoms with Crippen molar-refractivity contribution in [3.63, 3.8) is 0 Å². The molecule has 2 aromatic rings. The minimum atomic E-state index is -0.590. The van der Waals surface area contributed by atoms with Crippen LogP contribution in [0.1, 0.15) is 12.5 Å². The van der Waals surface area contributed by atoms with Crippen LogP contribution in [0.4, 0.5) is 0 Å². The summed E-state index contributed by atoms with van der Waals surface area (Å²) in [5, 5.41) is 3.09. The summed E-state index contributed by atoms with van der Waals surface area (Å²) >= 11 is 0. The minimum Gasteiger partial charge on any atom is -0.394 e. The van der Waals surface area contributed by atoms with E-state index in [0.29, 0.717) is 0 Å². The normalized spacial score (nSPS) is 11.5. The molecule has 0 aliphatic rings. The molecule has 0 saturated heterocycles. The van der Waals surface area contributed by atoms with Crippen LogP contribution in [0.3, 0.4) is 0 Å². The molecule has 4 N–H and O–H groups in total. The van der Waals surface area contributed by atoms with Crippen LogP contribution in [0.15, 0.2) is 36.2 Å². The van der Waals surface area contributed by atoms with E-state index in [-0.39, 0.29) is 5.70 Å². The molecule has 0 bridgehead atoms. The lowest BCUT2D eigenvalue weighted by Crippen LogP contribution is -2.32. The van der Waals surface area contributed by atoms with Crippen molar-refractivity contribution < 1.29 is 9.59 Å². The number of carbonyl (C=O) groups excluding carboxylic acids is 2. The smallest absolute Gasteiger partial charge is 0.273 e. The number of H-pyrrole nitrogens is 1. The maximum atomic E-state index is 11.5. The highest BCUT2D eigenvalue weighted by atomic mass is 16.2. The van der Waals surface area contributed by atoms with E-state index in [2.05, 4.69) is 10.3 Å². The molecule has 1 aromatic carbocycles. The Hall–Kier alpha value is -2.56. The molecular formula is C13H13N3O2. The summed E-state index contributed by atoms with van der Waals surface area (Å²) in [6, 6.07) is 7.67. The van der Waals surface area contributed by atoms with Gasteiger partial charge in [-0.2, -0.15) is 0 Å². The average molecular weight is 243 g/mol.